The van der Waals surface area contributed by atoms with Gasteiger partial charge in [-0.3, -0.25) is 0 Å². The van der Waals surface area contributed by atoms with E-state index >= 15 is 0 Å². The van der Waals surface area contributed by atoms with Gasteiger partial charge in [0.2, 0.25) is 0 Å². The molecule has 20 heavy (non-hydrogen) atoms. The van der Waals surface area contributed by atoms with Gasteiger partial charge in [-0.15, -0.1) is 0 Å². The molecule has 0 fully saturated rings. The Bertz CT molecular complexity index is 472. The summed E-state index contributed by atoms with van der Waals surface area (Å²) >= 11 is 0. The third kappa shape index (κ3) is 3.58. The van der Waals surface area contributed by atoms with Crippen molar-refractivity contribution in [2.45, 2.75) is 25.8 Å². The molecule has 1 N–H and O–H groups in total. The van der Waals surface area contributed by atoms with Gasteiger partial charge in [-0.2, -0.15) is 0 Å². The normalized spacial score (nSPS) is 17.3. The Hall–Kier alpha value is -1.39. The molecule has 2 rings (SSSR count). The first-order valence-corrected chi connectivity index (χ1v) is 7.30. The first-order valence-electron chi connectivity index (χ1n) is 7.30. The van der Waals surface area contributed by atoms with E-state index in [0.717, 1.165) is 25.9 Å². The summed E-state index contributed by atoms with van der Waals surface area (Å²) in [6, 6.07) is 6.35. The topological polar surface area (TPSA) is 41.6 Å². The number of nitrogens with zero attached hydrogens (tertiary/aromatic N) is 1. The Morgan fingerprint density at radius 2 is 2.25 bits per heavy atom. The van der Waals surface area contributed by atoms with E-state index in [-0.39, 0.29) is 5.97 Å². The van der Waals surface area contributed by atoms with Crippen molar-refractivity contribution in [1.82, 2.24) is 10.2 Å². The van der Waals surface area contributed by atoms with Crippen molar-refractivity contribution in [3.05, 3.63) is 34.9 Å². The third-order valence-corrected chi connectivity index (χ3v) is 3.68. The Balaban J connectivity index is 2.01. The average molecular weight is 276 g/mol. The minimum Gasteiger partial charge on any atom is -0.462 e. The summed E-state index contributed by atoms with van der Waals surface area (Å²) in [4.78, 5) is 13.9. The molecule has 1 aliphatic carbocycles. The van der Waals surface area contributed by atoms with Crippen LogP contribution in [0.5, 0.6) is 0 Å². The van der Waals surface area contributed by atoms with Crippen LogP contribution in [0.25, 0.3) is 0 Å². The maximum Gasteiger partial charge on any atom is 0.338 e. The summed E-state index contributed by atoms with van der Waals surface area (Å²) in [5, 5.41) is 3.59. The van der Waals surface area contributed by atoms with E-state index in [1.807, 2.05) is 19.1 Å². The summed E-state index contributed by atoms with van der Waals surface area (Å²) in [6.07, 6.45) is 2.14. The molecule has 0 heterocycles. The zero-order valence-corrected chi connectivity index (χ0v) is 12.6. The molecule has 4 heteroatoms. The fourth-order valence-electron chi connectivity index (χ4n) is 2.63. The number of benzene rings is 1. The van der Waals surface area contributed by atoms with Crippen LogP contribution in [0, 0.1) is 0 Å². The predicted octanol–water partition coefficient (Wildman–Crippen LogP) is 2.00. The fraction of sp³-hybridized carbons (Fsp3) is 0.562. The molecule has 1 aromatic rings. The monoisotopic (exact) mass is 276 g/mol. The summed E-state index contributed by atoms with van der Waals surface area (Å²) in [7, 11) is 4.16. The number of carbonyl (C=O) groups is 1. The molecule has 4 nitrogen and oxygen atoms in total. The second kappa shape index (κ2) is 6.86. The largest absolute Gasteiger partial charge is 0.462 e. The standard InChI is InChI=1S/C16H24N2O2/c1-4-20-16(19)13-5-7-14-12(11-13)6-8-15(14)17-9-10-18(2)3/h5,7,11,15,17H,4,6,8-10H2,1-3H3/t15-/m0/s1. The minimum absolute atomic E-state index is 0.223. The highest BCUT2D eigenvalue weighted by atomic mass is 16.5. The zero-order valence-electron chi connectivity index (χ0n) is 12.6. The van der Waals surface area contributed by atoms with E-state index in [1.165, 1.54) is 11.1 Å². The van der Waals surface area contributed by atoms with Crippen LogP contribution in [0.15, 0.2) is 18.2 Å². The third-order valence-electron chi connectivity index (χ3n) is 3.68. The Labute approximate surface area is 121 Å². The van der Waals surface area contributed by atoms with Gasteiger partial charge in [-0.05, 0) is 57.1 Å². The van der Waals surface area contributed by atoms with E-state index in [1.54, 1.807) is 0 Å². The van der Waals surface area contributed by atoms with Crippen LogP contribution in [0.3, 0.4) is 0 Å². The van der Waals surface area contributed by atoms with E-state index in [9.17, 15) is 4.79 Å². The van der Waals surface area contributed by atoms with Gasteiger partial charge in [-0.1, -0.05) is 6.07 Å². The molecule has 1 aliphatic rings. The van der Waals surface area contributed by atoms with Crippen LogP contribution in [0.1, 0.15) is 40.9 Å². The van der Waals surface area contributed by atoms with Crippen LogP contribution >= 0.6 is 0 Å². The number of fused-ring (bicyclic) bond motifs is 1. The molecule has 0 spiro atoms. The first-order chi connectivity index (χ1) is 9.61. The van der Waals surface area contributed by atoms with Crippen LogP contribution in [0.2, 0.25) is 0 Å². The van der Waals surface area contributed by atoms with Gasteiger partial charge in [0.15, 0.2) is 0 Å². The van der Waals surface area contributed by atoms with Gasteiger partial charge in [0.1, 0.15) is 0 Å². The van der Waals surface area contributed by atoms with Crippen molar-refractivity contribution in [3.8, 4) is 0 Å². The number of nitrogens with one attached hydrogen (secondary N) is 1. The second-order valence-corrected chi connectivity index (χ2v) is 5.48. The number of carbonyl (C=O) groups excluding carboxylic acids is 1. The maximum atomic E-state index is 11.7. The van der Waals surface area contributed by atoms with E-state index < -0.39 is 0 Å². The Morgan fingerprint density at radius 3 is 2.95 bits per heavy atom. The number of ether oxygens (including phenoxy) is 1. The van der Waals surface area contributed by atoms with Gasteiger partial charge >= 0.3 is 5.97 Å². The number of aryl methyl sites for hydroxylation is 1. The van der Waals surface area contributed by atoms with Gasteiger partial charge in [0.05, 0.1) is 12.2 Å². The van der Waals surface area contributed by atoms with Gasteiger partial charge in [-0.25, -0.2) is 4.79 Å². The Morgan fingerprint density at radius 1 is 1.45 bits per heavy atom. The average Bonchev–Trinajstić information content (AvgIpc) is 2.81. The molecule has 0 saturated carbocycles. The van der Waals surface area contributed by atoms with Crippen LogP contribution in [0.4, 0.5) is 0 Å². The highest BCUT2D eigenvalue weighted by Crippen LogP contribution is 2.31. The molecule has 1 aromatic carbocycles. The number of rotatable bonds is 6. The lowest BCUT2D eigenvalue weighted by atomic mass is 10.0. The number of hydrogen-bond donors (Lipinski definition) is 1. The number of esters is 1. The SMILES string of the molecule is CCOC(=O)c1ccc2c(c1)CC[C@@H]2NCCN(C)C. The maximum absolute atomic E-state index is 11.7. The summed E-state index contributed by atoms with van der Waals surface area (Å²) in [5.74, 6) is -0.223. The highest BCUT2D eigenvalue weighted by Gasteiger charge is 2.23. The zero-order chi connectivity index (χ0) is 14.5. The molecule has 0 unspecified atom stereocenters. The Kier molecular flexibility index (Phi) is 5.15. The predicted molar refractivity (Wildman–Crippen MR) is 80.0 cm³/mol. The molecule has 1 atom stereocenters. The molecule has 0 aromatic heterocycles. The van der Waals surface area contributed by atoms with Crippen molar-refractivity contribution in [3.63, 3.8) is 0 Å². The van der Waals surface area contributed by atoms with Crippen molar-refractivity contribution >= 4 is 5.97 Å². The quantitative estimate of drug-likeness (QED) is 0.807. The van der Waals surface area contributed by atoms with Crippen molar-refractivity contribution in [2.24, 2.45) is 0 Å². The van der Waals surface area contributed by atoms with Crippen LogP contribution < -0.4 is 5.32 Å². The number of hydrogen-bond acceptors (Lipinski definition) is 4. The van der Waals surface area contributed by atoms with Crippen molar-refractivity contribution in [2.75, 3.05) is 33.8 Å². The lowest BCUT2D eigenvalue weighted by Gasteiger charge is -2.16. The molecule has 0 aliphatic heterocycles. The van der Waals surface area contributed by atoms with Crippen LogP contribution in [-0.2, 0) is 11.2 Å². The summed E-state index contributed by atoms with van der Waals surface area (Å²) in [5.41, 5.74) is 3.27. The van der Waals surface area contributed by atoms with E-state index in [4.69, 9.17) is 4.74 Å². The minimum atomic E-state index is -0.223. The molecule has 0 radical (unpaired) electrons. The lowest BCUT2D eigenvalue weighted by molar-refractivity contribution is 0.0526. The molecule has 0 saturated heterocycles. The van der Waals surface area contributed by atoms with Gasteiger partial charge in [0.25, 0.3) is 0 Å². The molecular weight excluding hydrogens is 252 g/mol. The first kappa shape index (κ1) is 15.0. The highest BCUT2D eigenvalue weighted by molar-refractivity contribution is 5.89. The molecule has 110 valence electrons. The van der Waals surface area contributed by atoms with Crippen molar-refractivity contribution in [1.29, 1.82) is 0 Å². The summed E-state index contributed by atoms with van der Waals surface area (Å²) < 4.78 is 5.05. The number of likely N-dealkylation sites (N-methyl/N-ethyl adjacent to an activating group) is 1. The van der Waals surface area contributed by atoms with Gasteiger partial charge < -0.3 is 15.0 Å². The van der Waals surface area contributed by atoms with Gasteiger partial charge in [0, 0.05) is 19.1 Å². The molecule has 0 amide bonds. The fourth-order valence-corrected chi connectivity index (χ4v) is 2.63. The van der Waals surface area contributed by atoms with E-state index in [2.05, 4.69) is 30.4 Å². The second-order valence-electron chi connectivity index (χ2n) is 5.48. The van der Waals surface area contributed by atoms with Crippen molar-refractivity contribution < 1.29 is 9.53 Å². The van der Waals surface area contributed by atoms with Crippen LogP contribution in [-0.4, -0.2) is 44.7 Å². The van der Waals surface area contributed by atoms with E-state index in [0.29, 0.717) is 18.2 Å². The molecular formula is C16H24N2O2. The molecule has 0 bridgehead atoms. The summed E-state index contributed by atoms with van der Waals surface area (Å²) in [6.45, 7) is 4.27. The smallest absolute Gasteiger partial charge is 0.338 e. The lowest BCUT2D eigenvalue weighted by Crippen LogP contribution is -2.28.